The highest BCUT2D eigenvalue weighted by Crippen LogP contribution is 2.37. The van der Waals surface area contributed by atoms with E-state index in [2.05, 4.69) is 5.32 Å². The summed E-state index contributed by atoms with van der Waals surface area (Å²) in [5.74, 6) is 4.52. The summed E-state index contributed by atoms with van der Waals surface area (Å²) in [7, 11) is 0. The highest BCUT2D eigenvalue weighted by atomic mass is 32.2. The first-order valence-corrected chi connectivity index (χ1v) is 6.05. The fraction of sp³-hybridized carbons (Fsp3) is 0.273. The highest BCUT2D eigenvalue weighted by molar-refractivity contribution is 8.01. The van der Waals surface area contributed by atoms with Crippen LogP contribution in [0.3, 0.4) is 0 Å². The first-order valence-electron chi connectivity index (χ1n) is 5.18. The van der Waals surface area contributed by atoms with Crippen LogP contribution in [-0.4, -0.2) is 17.1 Å². The zero-order chi connectivity index (χ0) is 12.4. The molecule has 17 heavy (non-hydrogen) atoms. The van der Waals surface area contributed by atoms with Gasteiger partial charge in [0.25, 0.3) is 0 Å². The van der Waals surface area contributed by atoms with E-state index in [4.69, 9.17) is 5.84 Å². The molecule has 0 aromatic heterocycles. The van der Waals surface area contributed by atoms with Crippen molar-refractivity contribution < 1.29 is 9.59 Å². The Hall–Kier alpha value is -1.53. The molecule has 0 aliphatic carbocycles. The minimum absolute atomic E-state index is 0.0837. The molecule has 1 heterocycles. The molecular formula is C11H13N3O2S. The van der Waals surface area contributed by atoms with E-state index in [9.17, 15) is 9.59 Å². The molecule has 1 aliphatic heterocycles. The molecule has 1 aliphatic rings. The Balaban J connectivity index is 2.19. The molecule has 0 spiro atoms. The molecule has 5 nitrogen and oxygen atoms in total. The quantitative estimate of drug-likeness (QED) is 0.412. The predicted molar refractivity (Wildman–Crippen MR) is 66.4 cm³/mol. The number of benzene rings is 1. The summed E-state index contributed by atoms with van der Waals surface area (Å²) in [4.78, 5) is 23.9. The van der Waals surface area contributed by atoms with E-state index in [-0.39, 0.29) is 18.2 Å². The Morgan fingerprint density at radius 2 is 2.35 bits per heavy atom. The molecule has 0 radical (unpaired) electrons. The summed E-state index contributed by atoms with van der Waals surface area (Å²) in [6.45, 7) is 1.98. The van der Waals surface area contributed by atoms with Crippen LogP contribution in [0.5, 0.6) is 0 Å². The van der Waals surface area contributed by atoms with Crippen LogP contribution in [0.25, 0.3) is 0 Å². The van der Waals surface area contributed by atoms with Gasteiger partial charge in [-0.1, -0.05) is 6.07 Å². The first kappa shape index (κ1) is 11.9. The van der Waals surface area contributed by atoms with Gasteiger partial charge in [0.1, 0.15) is 0 Å². The number of amides is 2. The molecule has 2 rings (SSSR count). The fourth-order valence-electron chi connectivity index (χ4n) is 1.61. The second-order valence-electron chi connectivity index (χ2n) is 3.87. The van der Waals surface area contributed by atoms with E-state index in [0.29, 0.717) is 0 Å². The van der Waals surface area contributed by atoms with Gasteiger partial charge < -0.3 is 5.32 Å². The highest BCUT2D eigenvalue weighted by Gasteiger charge is 2.28. The number of hydrogen-bond acceptors (Lipinski definition) is 4. The zero-order valence-corrected chi connectivity index (χ0v) is 10.1. The molecule has 1 aromatic carbocycles. The number of hydrogen-bond donors (Lipinski definition) is 3. The standard InChI is InChI=1S/C11H13N3O2S/c1-6-2-3-7-8(4-6)17-9(11(16)13-7)5-10(15)14-12/h2-4,9H,5,12H2,1H3,(H,13,16)(H,14,15). The normalized spacial score (nSPS) is 18.2. The van der Waals surface area contributed by atoms with Crippen LogP contribution in [0, 0.1) is 6.92 Å². The van der Waals surface area contributed by atoms with Crippen LogP contribution in [0.4, 0.5) is 5.69 Å². The summed E-state index contributed by atoms with van der Waals surface area (Å²) in [6, 6.07) is 5.80. The average Bonchev–Trinajstić information content (AvgIpc) is 2.30. The minimum atomic E-state index is -0.423. The summed E-state index contributed by atoms with van der Waals surface area (Å²) < 4.78 is 0. The molecule has 1 atom stereocenters. The van der Waals surface area contributed by atoms with Gasteiger partial charge >= 0.3 is 0 Å². The van der Waals surface area contributed by atoms with Gasteiger partial charge in [0.15, 0.2) is 0 Å². The number of hydrazine groups is 1. The lowest BCUT2D eigenvalue weighted by atomic mass is 10.2. The van der Waals surface area contributed by atoms with Crippen molar-refractivity contribution in [3.63, 3.8) is 0 Å². The van der Waals surface area contributed by atoms with Crippen molar-refractivity contribution in [2.45, 2.75) is 23.5 Å². The van der Waals surface area contributed by atoms with Gasteiger partial charge in [-0.05, 0) is 24.6 Å². The molecule has 1 unspecified atom stereocenters. The number of thioether (sulfide) groups is 1. The van der Waals surface area contributed by atoms with Crippen molar-refractivity contribution in [2.24, 2.45) is 5.84 Å². The van der Waals surface area contributed by atoms with Gasteiger partial charge in [-0.15, -0.1) is 11.8 Å². The van der Waals surface area contributed by atoms with Crippen molar-refractivity contribution in [2.75, 3.05) is 5.32 Å². The Bertz CT molecular complexity index is 476. The van der Waals surface area contributed by atoms with Crippen LogP contribution in [0.2, 0.25) is 0 Å². The Labute approximate surface area is 103 Å². The predicted octanol–water partition coefficient (Wildman–Crippen LogP) is 0.788. The fourth-order valence-corrected chi connectivity index (χ4v) is 2.82. The lowest BCUT2D eigenvalue weighted by Gasteiger charge is -2.23. The molecule has 1 aromatic rings. The Morgan fingerprint density at radius 3 is 3.06 bits per heavy atom. The van der Waals surface area contributed by atoms with Gasteiger partial charge in [0, 0.05) is 11.3 Å². The Morgan fingerprint density at radius 1 is 1.59 bits per heavy atom. The molecule has 0 bridgehead atoms. The topological polar surface area (TPSA) is 84.2 Å². The van der Waals surface area contributed by atoms with E-state index < -0.39 is 5.25 Å². The van der Waals surface area contributed by atoms with Crippen LogP contribution >= 0.6 is 11.8 Å². The number of anilines is 1. The van der Waals surface area contributed by atoms with Gasteiger partial charge in [-0.3, -0.25) is 15.0 Å². The second kappa shape index (κ2) is 4.77. The SMILES string of the molecule is Cc1ccc2c(c1)SC(CC(=O)NN)C(=O)N2. The Kier molecular flexibility index (Phi) is 3.35. The van der Waals surface area contributed by atoms with Gasteiger partial charge in [0.05, 0.1) is 10.9 Å². The van der Waals surface area contributed by atoms with Crippen LogP contribution in [-0.2, 0) is 9.59 Å². The first-order chi connectivity index (χ1) is 8.10. The van der Waals surface area contributed by atoms with Crippen molar-refractivity contribution >= 4 is 29.3 Å². The van der Waals surface area contributed by atoms with Crippen LogP contribution in [0.15, 0.2) is 23.1 Å². The maximum Gasteiger partial charge on any atom is 0.238 e. The van der Waals surface area contributed by atoms with E-state index in [1.807, 2.05) is 30.5 Å². The molecule has 0 saturated carbocycles. The molecule has 0 fully saturated rings. The number of nitrogens with one attached hydrogen (secondary N) is 2. The smallest absolute Gasteiger partial charge is 0.238 e. The molecule has 2 amide bonds. The van der Waals surface area contributed by atoms with Crippen molar-refractivity contribution in [3.8, 4) is 0 Å². The summed E-state index contributed by atoms with van der Waals surface area (Å²) >= 11 is 1.39. The largest absolute Gasteiger partial charge is 0.324 e. The third-order valence-corrected chi connectivity index (χ3v) is 3.75. The molecular weight excluding hydrogens is 238 g/mol. The summed E-state index contributed by atoms with van der Waals surface area (Å²) in [5, 5.41) is 2.36. The lowest BCUT2D eigenvalue weighted by molar-refractivity contribution is -0.124. The number of carbonyl (C=O) groups excluding carboxylic acids is 2. The molecule has 6 heteroatoms. The van der Waals surface area contributed by atoms with E-state index in [1.165, 1.54) is 11.8 Å². The van der Waals surface area contributed by atoms with Crippen molar-refractivity contribution in [1.82, 2.24) is 5.43 Å². The third kappa shape index (κ3) is 2.59. The summed E-state index contributed by atoms with van der Waals surface area (Å²) in [5.41, 5.74) is 3.96. The monoisotopic (exact) mass is 251 g/mol. The number of rotatable bonds is 2. The van der Waals surface area contributed by atoms with E-state index in [1.54, 1.807) is 0 Å². The number of nitrogens with two attached hydrogens (primary N) is 1. The zero-order valence-electron chi connectivity index (χ0n) is 9.32. The number of carbonyl (C=O) groups is 2. The van der Waals surface area contributed by atoms with Gasteiger partial charge in [-0.2, -0.15) is 0 Å². The van der Waals surface area contributed by atoms with Crippen LogP contribution in [0.1, 0.15) is 12.0 Å². The average molecular weight is 251 g/mol. The lowest BCUT2D eigenvalue weighted by Crippen LogP contribution is -2.37. The maximum absolute atomic E-state index is 11.7. The van der Waals surface area contributed by atoms with Gasteiger partial charge in [0.2, 0.25) is 11.8 Å². The maximum atomic E-state index is 11.7. The van der Waals surface area contributed by atoms with E-state index >= 15 is 0 Å². The van der Waals surface area contributed by atoms with Gasteiger partial charge in [-0.25, -0.2) is 5.84 Å². The van der Waals surface area contributed by atoms with Crippen molar-refractivity contribution in [3.05, 3.63) is 23.8 Å². The molecule has 90 valence electrons. The second-order valence-corrected chi connectivity index (χ2v) is 5.11. The number of aryl methyl sites for hydroxylation is 1. The van der Waals surface area contributed by atoms with Crippen LogP contribution < -0.4 is 16.6 Å². The molecule has 0 saturated heterocycles. The molecule has 4 N–H and O–H groups in total. The summed E-state index contributed by atoms with van der Waals surface area (Å²) in [6.07, 6.45) is 0.0837. The van der Waals surface area contributed by atoms with E-state index in [0.717, 1.165) is 16.1 Å². The minimum Gasteiger partial charge on any atom is -0.324 e. The third-order valence-electron chi connectivity index (χ3n) is 2.49. The van der Waals surface area contributed by atoms with Crippen molar-refractivity contribution in [1.29, 1.82) is 0 Å². The number of fused-ring (bicyclic) bond motifs is 1.